The van der Waals surface area contributed by atoms with Crippen LogP contribution in [0.15, 0.2) is 23.1 Å². The molecule has 0 amide bonds. The van der Waals surface area contributed by atoms with E-state index in [9.17, 15) is 12.8 Å². The Morgan fingerprint density at radius 3 is 2.70 bits per heavy atom. The smallest absolute Gasteiger partial charge is 0.242 e. The van der Waals surface area contributed by atoms with Crippen LogP contribution in [0.1, 0.15) is 19.3 Å². The number of anilines is 1. The Morgan fingerprint density at radius 2 is 2.15 bits per heavy atom. The van der Waals surface area contributed by atoms with Crippen molar-refractivity contribution in [1.29, 1.82) is 0 Å². The largest absolute Gasteiger partial charge is 0.398 e. The number of sulfonamides is 1. The number of hydrogen-bond donors (Lipinski definition) is 2. The number of hydrogen-bond acceptors (Lipinski definition) is 4. The Kier molecular flexibility index (Phi) is 4.31. The minimum atomic E-state index is -3.71. The molecule has 0 radical (unpaired) electrons. The fourth-order valence-electron chi connectivity index (χ4n) is 2.10. The molecule has 0 atom stereocenters. The Balaban J connectivity index is 2.04. The van der Waals surface area contributed by atoms with Gasteiger partial charge in [0.05, 0.1) is 5.69 Å². The number of rotatable bonds is 7. The van der Waals surface area contributed by atoms with Crippen LogP contribution >= 0.6 is 0 Å². The van der Waals surface area contributed by atoms with Gasteiger partial charge in [0.25, 0.3) is 0 Å². The molecule has 0 saturated heterocycles. The summed E-state index contributed by atoms with van der Waals surface area (Å²) < 4.78 is 44.9. The van der Waals surface area contributed by atoms with Gasteiger partial charge in [-0.05, 0) is 42.9 Å². The van der Waals surface area contributed by atoms with E-state index in [1.807, 2.05) is 0 Å². The first-order valence-corrected chi connectivity index (χ1v) is 7.91. The van der Waals surface area contributed by atoms with Crippen molar-refractivity contribution in [2.45, 2.75) is 24.2 Å². The number of ether oxygens (including phenoxy) is 1. The maximum absolute atomic E-state index is 13.0. The summed E-state index contributed by atoms with van der Waals surface area (Å²) in [4.78, 5) is -0.0820. The second-order valence-corrected chi connectivity index (χ2v) is 6.98. The van der Waals surface area contributed by atoms with E-state index >= 15 is 0 Å². The molecule has 1 aliphatic carbocycles. The first-order chi connectivity index (χ1) is 9.38. The van der Waals surface area contributed by atoms with E-state index in [0.29, 0.717) is 13.2 Å². The minimum Gasteiger partial charge on any atom is -0.398 e. The zero-order chi connectivity index (χ0) is 14.8. The summed E-state index contributed by atoms with van der Waals surface area (Å²) in [5, 5.41) is 0. The quantitative estimate of drug-likeness (QED) is 0.748. The maximum Gasteiger partial charge on any atom is 0.242 e. The molecule has 7 heteroatoms. The molecule has 1 saturated carbocycles. The summed E-state index contributed by atoms with van der Waals surface area (Å²) >= 11 is 0. The lowest BCUT2D eigenvalue weighted by atomic mass is 10.0. The molecule has 0 bridgehead atoms. The SMILES string of the molecule is COCCC1(CNS(=O)(=O)c2ccc(F)cc2N)CC1. The highest BCUT2D eigenvalue weighted by Gasteiger charge is 2.42. The summed E-state index contributed by atoms with van der Waals surface area (Å²) in [7, 11) is -2.08. The van der Waals surface area contributed by atoms with Gasteiger partial charge in [-0.25, -0.2) is 17.5 Å². The van der Waals surface area contributed by atoms with Crippen molar-refractivity contribution in [3.63, 3.8) is 0 Å². The van der Waals surface area contributed by atoms with Gasteiger partial charge in [-0.3, -0.25) is 0 Å². The Hall–Kier alpha value is -1.18. The molecule has 2 rings (SSSR count). The average molecular weight is 302 g/mol. The summed E-state index contributed by atoms with van der Waals surface area (Å²) in [5.74, 6) is -0.555. The van der Waals surface area contributed by atoms with Crippen LogP contribution in [0, 0.1) is 11.2 Å². The van der Waals surface area contributed by atoms with Crippen LogP contribution in [-0.4, -0.2) is 28.7 Å². The number of halogens is 1. The van der Waals surface area contributed by atoms with Crippen LogP contribution < -0.4 is 10.5 Å². The molecule has 20 heavy (non-hydrogen) atoms. The third-order valence-electron chi connectivity index (χ3n) is 3.69. The third-order valence-corrected chi connectivity index (χ3v) is 5.17. The third kappa shape index (κ3) is 3.47. The van der Waals surface area contributed by atoms with Crippen LogP contribution in [-0.2, 0) is 14.8 Å². The molecular weight excluding hydrogens is 283 g/mol. The lowest BCUT2D eigenvalue weighted by molar-refractivity contribution is 0.173. The first kappa shape index (κ1) is 15.2. The van der Waals surface area contributed by atoms with Gasteiger partial charge in [-0.1, -0.05) is 0 Å². The lowest BCUT2D eigenvalue weighted by Gasteiger charge is -2.16. The normalized spacial score (nSPS) is 17.1. The molecular formula is C13H19FN2O3S. The van der Waals surface area contributed by atoms with Crippen molar-refractivity contribution in [3.8, 4) is 0 Å². The second kappa shape index (κ2) is 5.67. The van der Waals surface area contributed by atoms with E-state index in [1.165, 1.54) is 6.07 Å². The van der Waals surface area contributed by atoms with Crippen molar-refractivity contribution < 1.29 is 17.5 Å². The van der Waals surface area contributed by atoms with Gasteiger partial charge in [-0.2, -0.15) is 0 Å². The van der Waals surface area contributed by atoms with Crippen LogP contribution in [0.25, 0.3) is 0 Å². The van der Waals surface area contributed by atoms with Gasteiger partial charge in [-0.15, -0.1) is 0 Å². The highest BCUT2D eigenvalue weighted by Crippen LogP contribution is 2.48. The van der Waals surface area contributed by atoms with E-state index < -0.39 is 15.8 Å². The van der Waals surface area contributed by atoms with Crippen molar-refractivity contribution in [2.75, 3.05) is 26.0 Å². The summed E-state index contributed by atoms with van der Waals surface area (Å²) in [6.45, 7) is 0.968. The van der Waals surface area contributed by atoms with E-state index in [0.717, 1.165) is 31.4 Å². The van der Waals surface area contributed by atoms with Crippen molar-refractivity contribution in [2.24, 2.45) is 5.41 Å². The Labute approximate surface area is 118 Å². The monoisotopic (exact) mass is 302 g/mol. The molecule has 0 unspecified atom stereocenters. The zero-order valence-corrected chi connectivity index (χ0v) is 12.2. The number of nitrogen functional groups attached to an aromatic ring is 1. The number of nitrogens with two attached hydrogens (primary N) is 1. The highest BCUT2D eigenvalue weighted by atomic mass is 32.2. The second-order valence-electron chi connectivity index (χ2n) is 5.25. The van der Waals surface area contributed by atoms with Gasteiger partial charge in [0.2, 0.25) is 10.0 Å². The molecule has 1 fully saturated rings. The molecule has 0 spiro atoms. The van der Waals surface area contributed by atoms with Gasteiger partial charge in [0, 0.05) is 20.3 Å². The lowest BCUT2D eigenvalue weighted by Crippen LogP contribution is -2.31. The molecule has 0 aromatic heterocycles. The summed E-state index contributed by atoms with van der Waals surface area (Å²) in [6, 6.07) is 3.27. The topological polar surface area (TPSA) is 81.4 Å². The molecule has 1 aromatic rings. The number of methoxy groups -OCH3 is 1. The summed E-state index contributed by atoms with van der Waals surface area (Å²) in [6.07, 6.45) is 2.79. The summed E-state index contributed by atoms with van der Waals surface area (Å²) in [5.41, 5.74) is 5.48. The first-order valence-electron chi connectivity index (χ1n) is 6.42. The van der Waals surface area contributed by atoms with Crippen LogP contribution in [0.2, 0.25) is 0 Å². The zero-order valence-electron chi connectivity index (χ0n) is 11.4. The number of benzene rings is 1. The molecule has 1 aromatic carbocycles. The van der Waals surface area contributed by atoms with Gasteiger partial charge >= 0.3 is 0 Å². The highest BCUT2D eigenvalue weighted by molar-refractivity contribution is 7.89. The molecule has 5 nitrogen and oxygen atoms in total. The van der Waals surface area contributed by atoms with Crippen LogP contribution in [0.4, 0.5) is 10.1 Å². The molecule has 3 N–H and O–H groups in total. The Morgan fingerprint density at radius 1 is 1.45 bits per heavy atom. The Bertz CT molecular complexity index is 585. The fourth-order valence-corrected chi connectivity index (χ4v) is 3.37. The molecule has 1 aliphatic rings. The van der Waals surface area contributed by atoms with E-state index in [1.54, 1.807) is 7.11 Å². The van der Waals surface area contributed by atoms with Crippen LogP contribution in [0.5, 0.6) is 0 Å². The van der Waals surface area contributed by atoms with E-state index in [2.05, 4.69) is 4.72 Å². The minimum absolute atomic E-state index is 0.00211. The van der Waals surface area contributed by atoms with Gasteiger partial charge in [0.15, 0.2) is 0 Å². The predicted octanol–water partition coefficient (Wildman–Crippen LogP) is 1.50. The van der Waals surface area contributed by atoms with Crippen molar-refractivity contribution in [1.82, 2.24) is 4.72 Å². The van der Waals surface area contributed by atoms with Crippen molar-refractivity contribution >= 4 is 15.7 Å². The fraction of sp³-hybridized carbons (Fsp3) is 0.538. The molecule has 112 valence electrons. The van der Waals surface area contributed by atoms with E-state index in [-0.39, 0.29) is 16.0 Å². The molecule has 0 aliphatic heterocycles. The standard InChI is InChI=1S/C13H19FN2O3S/c1-19-7-6-13(4-5-13)9-16-20(17,18)12-3-2-10(14)8-11(12)15/h2-3,8,16H,4-7,9,15H2,1H3. The van der Waals surface area contributed by atoms with Crippen molar-refractivity contribution in [3.05, 3.63) is 24.0 Å². The predicted molar refractivity (Wildman–Crippen MR) is 74.2 cm³/mol. The molecule has 0 heterocycles. The van der Waals surface area contributed by atoms with E-state index in [4.69, 9.17) is 10.5 Å². The number of nitrogens with one attached hydrogen (secondary N) is 1. The van der Waals surface area contributed by atoms with Crippen LogP contribution in [0.3, 0.4) is 0 Å². The van der Waals surface area contributed by atoms with Gasteiger partial charge in [0.1, 0.15) is 10.7 Å². The maximum atomic E-state index is 13.0. The average Bonchev–Trinajstić information content (AvgIpc) is 3.14. The van der Waals surface area contributed by atoms with Gasteiger partial charge < -0.3 is 10.5 Å².